The quantitative estimate of drug-likeness (QED) is 0.480. The Kier molecular flexibility index (Phi) is 7.31. The molecule has 6 nitrogen and oxygen atoms in total. The van der Waals surface area contributed by atoms with Crippen molar-refractivity contribution in [3.8, 4) is 5.75 Å². The molecule has 0 radical (unpaired) electrons. The van der Waals surface area contributed by atoms with Crippen LogP contribution in [-0.4, -0.2) is 55.7 Å². The van der Waals surface area contributed by atoms with E-state index in [-0.39, 0.29) is 17.8 Å². The van der Waals surface area contributed by atoms with E-state index in [0.29, 0.717) is 38.6 Å². The predicted octanol–water partition coefficient (Wildman–Crippen LogP) is 3.25. The van der Waals surface area contributed by atoms with E-state index < -0.39 is 0 Å². The van der Waals surface area contributed by atoms with Gasteiger partial charge in [0, 0.05) is 31.2 Å². The lowest BCUT2D eigenvalue weighted by Gasteiger charge is -2.20. The average molecular weight is 389 g/mol. The molecule has 0 N–H and O–H groups in total. The molecule has 2 unspecified atom stereocenters. The van der Waals surface area contributed by atoms with Gasteiger partial charge in [-0.25, -0.2) is 0 Å². The van der Waals surface area contributed by atoms with E-state index in [9.17, 15) is 9.59 Å². The number of hydrogen-bond acceptors (Lipinski definition) is 5. The molecule has 28 heavy (non-hydrogen) atoms. The fraction of sp³-hybridized carbons (Fsp3) is 0.636. The second-order valence-electron chi connectivity index (χ2n) is 7.81. The van der Waals surface area contributed by atoms with Crippen molar-refractivity contribution in [2.24, 2.45) is 5.92 Å². The van der Waals surface area contributed by atoms with Crippen LogP contribution in [0.2, 0.25) is 0 Å². The van der Waals surface area contributed by atoms with E-state index in [1.54, 1.807) is 11.8 Å². The normalized spacial score (nSPS) is 22.6. The van der Waals surface area contributed by atoms with Gasteiger partial charge in [0.15, 0.2) is 0 Å². The fourth-order valence-corrected chi connectivity index (χ4v) is 4.13. The monoisotopic (exact) mass is 388 g/mol. The Hall–Kier alpha value is -2.08. The Balaban J connectivity index is 1.43. The van der Waals surface area contributed by atoms with Gasteiger partial charge >= 0.3 is 5.97 Å². The first-order chi connectivity index (χ1) is 13.6. The second-order valence-corrected chi connectivity index (χ2v) is 7.81. The van der Waals surface area contributed by atoms with Gasteiger partial charge in [-0.15, -0.1) is 0 Å². The van der Waals surface area contributed by atoms with Gasteiger partial charge in [-0.1, -0.05) is 0 Å². The van der Waals surface area contributed by atoms with Crippen LogP contribution in [-0.2, 0) is 14.3 Å². The van der Waals surface area contributed by atoms with Crippen molar-refractivity contribution >= 4 is 17.6 Å². The highest BCUT2D eigenvalue weighted by Gasteiger charge is 2.32. The number of likely N-dealkylation sites (tertiary alicyclic amines) is 1. The molecule has 1 aromatic rings. The average Bonchev–Trinajstić information content (AvgIpc) is 3.24. The number of carbonyl (C=O) groups excluding carboxylic acids is 2. The van der Waals surface area contributed by atoms with E-state index in [0.717, 1.165) is 24.4 Å². The third-order valence-corrected chi connectivity index (χ3v) is 5.66. The maximum atomic E-state index is 12.3. The Morgan fingerprint density at radius 2 is 2.04 bits per heavy atom. The summed E-state index contributed by atoms with van der Waals surface area (Å²) >= 11 is 0. The minimum Gasteiger partial charge on any atom is -0.494 e. The molecule has 2 aliphatic rings. The molecule has 154 valence electrons. The van der Waals surface area contributed by atoms with Crippen molar-refractivity contribution in [2.75, 3.05) is 37.7 Å². The zero-order valence-electron chi connectivity index (χ0n) is 17.1. The summed E-state index contributed by atoms with van der Waals surface area (Å²) in [6, 6.07) is 8.37. The first-order valence-corrected chi connectivity index (χ1v) is 10.5. The van der Waals surface area contributed by atoms with E-state index in [2.05, 4.69) is 11.8 Å². The molecule has 0 bridgehead atoms. The van der Waals surface area contributed by atoms with Gasteiger partial charge < -0.3 is 19.3 Å². The smallest absolute Gasteiger partial charge is 0.306 e. The molecule has 2 aliphatic heterocycles. The SMILES string of the molecule is CCOC(=O)CC1CC(=O)N(c2ccc(OCCCN3CCCC3C)cc2)C1. The number of rotatable bonds is 9. The molecule has 0 aliphatic carbocycles. The molecule has 0 spiro atoms. The standard InChI is InChI=1S/C22H32N2O4/c1-3-27-22(26)15-18-14-21(25)24(16-18)19-7-9-20(10-8-19)28-13-5-12-23-11-4-6-17(23)2/h7-10,17-18H,3-6,11-16H2,1-2H3. The minimum absolute atomic E-state index is 0.0236. The van der Waals surface area contributed by atoms with Crippen molar-refractivity contribution in [1.29, 1.82) is 0 Å². The van der Waals surface area contributed by atoms with Gasteiger partial charge in [0.05, 0.1) is 19.6 Å². The van der Waals surface area contributed by atoms with Crippen LogP contribution in [0.15, 0.2) is 24.3 Å². The lowest BCUT2D eigenvalue weighted by atomic mass is 10.1. The van der Waals surface area contributed by atoms with E-state index in [1.807, 2.05) is 24.3 Å². The van der Waals surface area contributed by atoms with Gasteiger partial charge in [-0.2, -0.15) is 0 Å². The summed E-state index contributed by atoms with van der Waals surface area (Å²) < 4.78 is 10.8. The predicted molar refractivity (Wildman–Crippen MR) is 109 cm³/mol. The third-order valence-electron chi connectivity index (χ3n) is 5.66. The van der Waals surface area contributed by atoms with E-state index >= 15 is 0 Å². The van der Waals surface area contributed by atoms with Crippen LogP contribution >= 0.6 is 0 Å². The van der Waals surface area contributed by atoms with E-state index in [1.165, 1.54) is 19.4 Å². The Morgan fingerprint density at radius 1 is 1.25 bits per heavy atom. The topological polar surface area (TPSA) is 59.1 Å². The molecule has 0 aromatic heterocycles. The maximum Gasteiger partial charge on any atom is 0.306 e. The van der Waals surface area contributed by atoms with Crippen molar-refractivity contribution in [3.05, 3.63) is 24.3 Å². The van der Waals surface area contributed by atoms with Crippen LogP contribution in [0.25, 0.3) is 0 Å². The van der Waals surface area contributed by atoms with Crippen molar-refractivity contribution < 1.29 is 19.1 Å². The second kappa shape index (κ2) is 9.92. The summed E-state index contributed by atoms with van der Waals surface area (Å²) in [5.74, 6) is 0.681. The van der Waals surface area contributed by atoms with Gasteiger partial charge in [-0.3, -0.25) is 9.59 Å². The van der Waals surface area contributed by atoms with Crippen LogP contribution in [0.4, 0.5) is 5.69 Å². The number of benzene rings is 1. The maximum absolute atomic E-state index is 12.3. The van der Waals surface area contributed by atoms with Crippen LogP contribution in [0.3, 0.4) is 0 Å². The van der Waals surface area contributed by atoms with E-state index in [4.69, 9.17) is 9.47 Å². The molecule has 6 heteroatoms. The number of ether oxygens (including phenoxy) is 2. The summed E-state index contributed by atoms with van der Waals surface area (Å²) in [5, 5.41) is 0. The first-order valence-electron chi connectivity index (χ1n) is 10.5. The van der Waals surface area contributed by atoms with Crippen LogP contribution in [0.1, 0.15) is 46.0 Å². The molecule has 0 saturated carbocycles. The molecule has 1 amide bonds. The fourth-order valence-electron chi connectivity index (χ4n) is 4.13. The number of carbonyl (C=O) groups is 2. The summed E-state index contributed by atoms with van der Waals surface area (Å²) in [6.45, 7) is 8.02. The third kappa shape index (κ3) is 5.47. The number of nitrogens with zero attached hydrogens (tertiary/aromatic N) is 2. The number of esters is 1. The zero-order chi connectivity index (χ0) is 19.9. The lowest BCUT2D eigenvalue weighted by Crippen LogP contribution is -2.28. The molecule has 1 aromatic carbocycles. The molecular formula is C22H32N2O4. The van der Waals surface area contributed by atoms with Gasteiger partial charge in [0.25, 0.3) is 0 Å². The van der Waals surface area contributed by atoms with Gasteiger partial charge in [0.1, 0.15) is 5.75 Å². The summed E-state index contributed by atoms with van der Waals surface area (Å²) in [5.41, 5.74) is 0.856. The van der Waals surface area contributed by atoms with Crippen LogP contribution in [0, 0.1) is 5.92 Å². The number of amides is 1. The summed E-state index contributed by atoms with van der Waals surface area (Å²) in [7, 11) is 0. The highest BCUT2D eigenvalue weighted by atomic mass is 16.5. The summed E-state index contributed by atoms with van der Waals surface area (Å²) in [6.07, 6.45) is 4.32. The number of anilines is 1. The van der Waals surface area contributed by atoms with Crippen molar-refractivity contribution in [2.45, 2.75) is 52.0 Å². The highest BCUT2D eigenvalue weighted by Crippen LogP contribution is 2.28. The lowest BCUT2D eigenvalue weighted by molar-refractivity contribution is -0.144. The minimum atomic E-state index is -0.228. The molecule has 2 atom stereocenters. The van der Waals surface area contributed by atoms with Crippen LogP contribution in [0.5, 0.6) is 5.75 Å². The van der Waals surface area contributed by atoms with Crippen molar-refractivity contribution in [1.82, 2.24) is 4.90 Å². The zero-order valence-corrected chi connectivity index (χ0v) is 17.1. The van der Waals surface area contributed by atoms with Crippen molar-refractivity contribution in [3.63, 3.8) is 0 Å². The molecular weight excluding hydrogens is 356 g/mol. The Labute approximate surface area is 167 Å². The Morgan fingerprint density at radius 3 is 2.71 bits per heavy atom. The largest absolute Gasteiger partial charge is 0.494 e. The first kappa shape index (κ1) is 20.6. The van der Waals surface area contributed by atoms with Gasteiger partial charge in [-0.05, 0) is 69.8 Å². The Bertz CT molecular complexity index is 661. The molecule has 2 saturated heterocycles. The van der Waals surface area contributed by atoms with Gasteiger partial charge in [0.2, 0.25) is 5.91 Å². The summed E-state index contributed by atoms with van der Waals surface area (Å²) in [4.78, 5) is 28.2. The highest BCUT2D eigenvalue weighted by molar-refractivity contribution is 5.96. The number of hydrogen-bond donors (Lipinski definition) is 0. The molecule has 2 heterocycles. The molecule has 2 fully saturated rings. The molecule has 3 rings (SSSR count). The van der Waals surface area contributed by atoms with Crippen LogP contribution < -0.4 is 9.64 Å².